The number of carbonyl (C=O) groups excluding carboxylic acids is 1. The van der Waals surface area contributed by atoms with E-state index in [1.807, 2.05) is 78.5 Å². The van der Waals surface area contributed by atoms with E-state index in [2.05, 4.69) is 16.2 Å². The normalized spacial score (nSPS) is 15.9. The maximum Gasteiger partial charge on any atom is 0.312 e. The Morgan fingerprint density at radius 3 is 2.41 bits per heavy atom. The lowest BCUT2D eigenvalue weighted by molar-refractivity contribution is -0.159. The van der Waals surface area contributed by atoms with E-state index in [1.165, 1.54) is 5.56 Å². The molecule has 0 aliphatic carbocycles. The van der Waals surface area contributed by atoms with Gasteiger partial charge in [0.1, 0.15) is 5.75 Å². The number of carbonyl (C=O) groups is 1. The van der Waals surface area contributed by atoms with Gasteiger partial charge in [-0.1, -0.05) is 36.4 Å². The van der Waals surface area contributed by atoms with Crippen LogP contribution in [0, 0.1) is 5.41 Å². The summed E-state index contributed by atoms with van der Waals surface area (Å²) in [6.45, 7) is 5.30. The van der Waals surface area contributed by atoms with Gasteiger partial charge in [-0.2, -0.15) is 5.10 Å². The van der Waals surface area contributed by atoms with Crippen molar-refractivity contribution in [1.29, 1.82) is 0 Å². The lowest BCUT2D eigenvalue weighted by Gasteiger charge is -2.39. The number of ether oxygens (including phenoxy) is 2. The van der Waals surface area contributed by atoms with E-state index in [0.717, 1.165) is 43.9 Å². The fraction of sp³-hybridized carbons (Fsp3) is 0.385. The zero-order valence-corrected chi connectivity index (χ0v) is 18.7. The predicted molar refractivity (Wildman–Crippen MR) is 124 cm³/mol. The van der Waals surface area contributed by atoms with Crippen LogP contribution in [0.3, 0.4) is 0 Å². The van der Waals surface area contributed by atoms with Crippen LogP contribution < -0.4 is 4.74 Å². The minimum atomic E-state index is -0.477. The minimum Gasteiger partial charge on any atom is -0.494 e. The highest BCUT2D eigenvalue weighted by molar-refractivity contribution is 5.77. The van der Waals surface area contributed by atoms with Crippen molar-refractivity contribution in [3.63, 3.8) is 0 Å². The molecule has 1 aliphatic heterocycles. The third-order valence-corrected chi connectivity index (χ3v) is 6.18. The largest absolute Gasteiger partial charge is 0.494 e. The number of para-hydroxylation sites is 2. The number of nitrogens with zero attached hydrogens (tertiary/aromatic N) is 3. The number of likely N-dealkylation sites (tertiary alicyclic amines) is 1. The number of benzene rings is 2. The van der Waals surface area contributed by atoms with Gasteiger partial charge in [0.05, 0.1) is 30.5 Å². The molecule has 0 bridgehead atoms. The molecule has 0 N–H and O–H groups in total. The van der Waals surface area contributed by atoms with Crippen molar-refractivity contribution in [2.45, 2.75) is 32.7 Å². The second-order valence-corrected chi connectivity index (χ2v) is 8.32. The van der Waals surface area contributed by atoms with Gasteiger partial charge in [0.15, 0.2) is 0 Å². The number of piperidine rings is 1. The fourth-order valence-corrected chi connectivity index (χ4v) is 4.28. The summed E-state index contributed by atoms with van der Waals surface area (Å²) in [6.07, 6.45) is 6.22. The highest BCUT2D eigenvalue weighted by Crippen LogP contribution is 2.37. The molecule has 1 aliphatic rings. The molecule has 1 aromatic heterocycles. The highest BCUT2D eigenvalue weighted by Gasteiger charge is 2.42. The van der Waals surface area contributed by atoms with Crippen molar-refractivity contribution in [2.75, 3.05) is 26.3 Å². The fourth-order valence-electron chi connectivity index (χ4n) is 4.28. The van der Waals surface area contributed by atoms with Gasteiger partial charge in [-0.05, 0) is 63.5 Å². The van der Waals surface area contributed by atoms with Crippen molar-refractivity contribution in [3.8, 4) is 11.4 Å². The van der Waals surface area contributed by atoms with Crippen LogP contribution in [0.1, 0.15) is 31.7 Å². The number of aromatic nitrogens is 2. The molecule has 6 heteroatoms. The Bertz CT molecular complexity index is 980. The number of esters is 1. The topological polar surface area (TPSA) is 56.6 Å². The maximum absolute atomic E-state index is 12.9. The van der Waals surface area contributed by atoms with Crippen molar-refractivity contribution < 1.29 is 14.3 Å². The molecule has 0 atom stereocenters. The summed E-state index contributed by atoms with van der Waals surface area (Å²) >= 11 is 0. The second-order valence-electron chi connectivity index (χ2n) is 8.32. The third kappa shape index (κ3) is 5.37. The molecule has 1 fully saturated rings. The second kappa shape index (κ2) is 10.5. The van der Waals surface area contributed by atoms with Crippen LogP contribution in [-0.2, 0) is 16.1 Å². The van der Waals surface area contributed by atoms with Gasteiger partial charge in [-0.15, -0.1) is 0 Å². The van der Waals surface area contributed by atoms with Gasteiger partial charge in [0.2, 0.25) is 0 Å². The lowest BCUT2D eigenvalue weighted by atomic mass is 9.75. The summed E-state index contributed by atoms with van der Waals surface area (Å²) in [7, 11) is 0. The van der Waals surface area contributed by atoms with Crippen molar-refractivity contribution >= 4 is 5.97 Å². The van der Waals surface area contributed by atoms with Crippen LogP contribution >= 0.6 is 0 Å². The SMILES string of the molecule is CCOC(=O)C1(CCOc2ccccc2)CCN(Cc2cnn(-c3ccccc3)c2)CC1. The Labute approximate surface area is 189 Å². The third-order valence-electron chi connectivity index (χ3n) is 6.18. The van der Waals surface area contributed by atoms with E-state index >= 15 is 0 Å². The standard InChI is InChI=1S/C26H31N3O3/c1-2-31-25(30)26(15-18-32-24-11-7-4-8-12-24)13-16-28(17-14-26)20-22-19-27-29(21-22)23-9-5-3-6-10-23/h3-12,19,21H,2,13-18,20H2,1H3. The predicted octanol–water partition coefficient (Wildman–Crippen LogP) is 4.49. The zero-order chi connectivity index (χ0) is 22.2. The smallest absolute Gasteiger partial charge is 0.312 e. The molecule has 0 saturated carbocycles. The molecular weight excluding hydrogens is 402 g/mol. The van der Waals surface area contributed by atoms with Gasteiger partial charge < -0.3 is 9.47 Å². The van der Waals surface area contributed by atoms with Gasteiger partial charge >= 0.3 is 5.97 Å². The Kier molecular flexibility index (Phi) is 7.22. The molecule has 2 heterocycles. The minimum absolute atomic E-state index is 0.0896. The molecule has 0 amide bonds. The summed E-state index contributed by atoms with van der Waals surface area (Å²) in [5.41, 5.74) is 1.75. The first-order chi connectivity index (χ1) is 15.7. The molecule has 0 unspecified atom stereocenters. The van der Waals surface area contributed by atoms with Gasteiger partial charge in [0, 0.05) is 18.3 Å². The first kappa shape index (κ1) is 22.1. The van der Waals surface area contributed by atoms with Crippen LogP contribution in [-0.4, -0.2) is 47.0 Å². The summed E-state index contributed by atoms with van der Waals surface area (Å²) in [6, 6.07) is 19.9. The van der Waals surface area contributed by atoms with E-state index in [-0.39, 0.29) is 5.97 Å². The maximum atomic E-state index is 12.9. The molecule has 0 spiro atoms. The van der Waals surface area contributed by atoms with Crippen LogP contribution in [0.25, 0.3) is 5.69 Å². The van der Waals surface area contributed by atoms with Crippen LogP contribution in [0.5, 0.6) is 5.75 Å². The number of hydrogen-bond donors (Lipinski definition) is 0. The molecule has 1 saturated heterocycles. The lowest BCUT2D eigenvalue weighted by Crippen LogP contribution is -2.45. The molecule has 3 aromatic rings. The highest BCUT2D eigenvalue weighted by atomic mass is 16.5. The Balaban J connectivity index is 1.34. The molecule has 6 nitrogen and oxygen atoms in total. The van der Waals surface area contributed by atoms with E-state index < -0.39 is 5.41 Å². The molecule has 168 valence electrons. The summed E-state index contributed by atoms with van der Waals surface area (Å²) in [4.78, 5) is 15.3. The Morgan fingerprint density at radius 2 is 1.72 bits per heavy atom. The van der Waals surface area contributed by atoms with Crippen LogP contribution in [0.4, 0.5) is 0 Å². The summed E-state index contributed by atoms with van der Waals surface area (Å²) in [5, 5.41) is 4.50. The first-order valence-corrected chi connectivity index (χ1v) is 11.3. The Morgan fingerprint density at radius 1 is 1.03 bits per heavy atom. The van der Waals surface area contributed by atoms with Crippen molar-refractivity contribution in [2.24, 2.45) is 5.41 Å². The monoisotopic (exact) mass is 433 g/mol. The Hall–Kier alpha value is -3.12. The molecule has 0 radical (unpaired) electrons. The quantitative estimate of drug-likeness (QED) is 0.466. The zero-order valence-electron chi connectivity index (χ0n) is 18.7. The molecule has 4 rings (SSSR count). The van der Waals surface area contributed by atoms with Crippen molar-refractivity contribution in [1.82, 2.24) is 14.7 Å². The summed E-state index contributed by atoms with van der Waals surface area (Å²) in [5.74, 6) is 0.743. The van der Waals surface area contributed by atoms with Gasteiger partial charge in [-0.3, -0.25) is 9.69 Å². The summed E-state index contributed by atoms with van der Waals surface area (Å²) < 4.78 is 13.3. The van der Waals surface area contributed by atoms with E-state index in [9.17, 15) is 4.79 Å². The van der Waals surface area contributed by atoms with E-state index in [1.54, 1.807) is 0 Å². The van der Waals surface area contributed by atoms with E-state index in [4.69, 9.17) is 9.47 Å². The van der Waals surface area contributed by atoms with Gasteiger partial charge in [0.25, 0.3) is 0 Å². The number of rotatable bonds is 9. The van der Waals surface area contributed by atoms with Crippen molar-refractivity contribution in [3.05, 3.63) is 78.6 Å². The van der Waals surface area contributed by atoms with Gasteiger partial charge in [-0.25, -0.2) is 4.68 Å². The van der Waals surface area contributed by atoms with Crippen LogP contribution in [0.15, 0.2) is 73.1 Å². The van der Waals surface area contributed by atoms with E-state index in [0.29, 0.717) is 19.6 Å². The number of hydrogen-bond acceptors (Lipinski definition) is 5. The molecule has 2 aromatic carbocycles. The first-order valence-electron chi connectivity index (χ1n) is 11.3. The average molecular weight is 434 g/mol. The average Bonchev–Trinajstić information content (AvgIpc) is 3.30. The molecule has 32 heavy (non-hydrogen) atoms. The molecular formula is C26H31N3O3. The van der Waals surface area contributed by atoms with Crippen LogP contribution in [0.2, 0.25) is 0 Å².